The lowest BCUT2D eigenvalue weighted by Gasteiger charge is -2.13. The average molecular weight is 290 g/mol. The number of hydrogen-bond acceptors (Lipinski definition) is 4. The van der Waals surface area contributed by atoms with Crippen molar-refractivity contribution in [3.05, 3.63) is 75.6 Å². The van der Waals surface area contributed by atoms with E-state index in [2.05, 4.69) is 5.32 Å². The number of aliphatic hydroxyl groups is 1. The molecule has 0 fully saturated rings. The molecule has 0 radical (unpaired) electrons. The zero-order valence-corrected chi connectivity index (χ0v) is 11.2. The number of non-ortho nitro benzene ring substituents is 1. The highest BCUT2D eigenvalue weighted by atomic mass is 19.1. The van der Waals surface area contributed by atoms with Crippen molar-refractivity contribution in [2.45, 2.75) is 12.6 Å². The van der Waals surface area contributed by atoms with Gasteiger partial charge in [0.15, 0.2) is 0 Å². The Morgan fingerprint density at radius 2 is 1.86 bits per heavy atom. The second-order valence-corrected chi connectivity index (χ2v) is 4.59. The Bertz CT molecular complexity index is 617. The van der Waals surface area contributed by atoms with Crippen LogP contribution >= 0.6 is 0 Å². The first-order chi connectivity index (χ1) is 10.1. The minimum Gasteiger partial charge on any atom is -0.387 e. The summed E-state index contributed by atoms with van der Waals surface area (Å²) in [5, 5.41) is 23.4. The van der Waals surface area contributed by atoms with Crippen molar-refractivity contribution in [3.63, 3.8) is 0 Å². The topological polar surface area (TPSA) is 75.4 Å². The number of aliphatic hydroxyl groups excluding tert-OH is 1. The van der Waals surface area contributed by atoms with E-state index in [4.69, 9.17) is 0 Å². The van der Waals surface area contributed by atoms with Crippen LogP contribution in [0.2, 0.25) is 0 Å². The Balaban J connectivity index is 1.86. The van der Waals surface area contributed by atoms with Gasteiger partial charge >= 0.3 is 0 Å². The predicted molar refractivity (Wildman–Crippen MR) is 76.2 cm³/mol. The van der Waals surface area contributed by atoms with E-state index >= 15 is 0 Å². The third-order valence-corrected chi connectivity index (χ3v) is 3.08. The summed E-state index contributed by atoms with van der Waals surface area (Å²) in [7, 11) is 0. The van der Waals surface area contributed by atoms with Gasteiger partial charge in [-0.15, -0.1) is 0 Å². The SMILES string of the molecule is O=[N+]([O-])c1ccc(CNCC(O)c2ccccc2F)cc1. The first-order valence-corrected chi connectivity index (χ1v) is 6.44. The summed E-state index contributed by atoms with van der Waals surface area (Å²) in [5.41, 5.74) is 1.13. The van der Waals surface area contributed by atoms with Crippen molar-refractivity contribution in [3.8, 4) is 0 Å². The van der Waals surface area contributed by atoms with Crippen molar-refractivity contribution < 1.29 is 14.4 Å². The highest BCUT2D eigenvalue weighted by molar-refractivity contribution is 5.32. The molecule has 2 N–H and O–H groups in total. The Labute approximate surface area is 121 Å². The van der Waals surface area contributed by atoms with Gasteiger partial charge in [-0.05, 0) is 11.6 Å². The fourth-order valence-electron chi connectivity index (χ4n) is 1.94. The summed E-state index contributed by atoms with van der Waals surface area (Å²) in [4.78, 5) is 10.1. The van der Waals surface area contributed by atoms with Gasteiger partial charge in [0, 0.05) is 30.8 Å². The van der Waals surface area contributed by atoms with Crippen LogP contribution in [0.3, 0.4) is 0 Å². The summed E-state index contributed by atoms with van der Waals surface area (Å²) >= 11 is 0. The number of halogens is 1. The van der Waals surface area contributed by atoms with Gasteiger partial charge in [0.2, 0.25) is 0 Å². The fraction of sp³-hybridized carbons (Fsp3) is 0.200. The van der Waals surface area contributed by atoms with Crippen molar-refractivity contribution in [2.24, 2.45) is 0 Å². The largest absolute Gasteiger partial charge is 0.387 e. The molecule has 1 unspecified atom stereocenters. The molecular weight excluding hydrogens is 275 g/mol. The number of nitro benzene ring substituents is 1. The molecule has 2 aromatic rings. The van der Waals surface area contributed by atoms with Crippen LogP contribution in [0.1, 0.15) is 17.2 Å². The van der Waals surface area contributed by atoms with Crippen LogP contribution in [0.25, 0.3) is 0 Å². The Hall–Kier alpha value is -2.31. The van der Waals surface area contributed by atoms with E-state index in [1.54, 1.807) is 24.3 Å². The van der Waals surface area contributed by atoms with Crippen molar-refractivity contribution in [1.82, 2.24) is 5.32 Å². The minimum absolute atomic E-state index is 0.0325. The van der Waals surface area contributed by atoms with Crippen LogP contribution in [-0.4, -0.2) is 16.6 Å². The highest BCUT2D eigenvalue weighted by Crippen LogP contribution is 2.16. The van der Waals surface area contributed by atoms with Gasteiger partial charge in [0.05, 0.1) is 11.0 Å². The zero-order valence-electron chi connectivity index (χ0n) is 11.2. The molecule has 0 saturated heterocycles. The van der Waals surface area contributed by atoms with Gasteiger partial charge in [0.25, 0.3) is 5.69 Å². The lowest BCUT2D eigenvalue weighted by molar-refractivity contribution is -0.384. The molecule has 0 aromatic heterocycles. The smallest absolute Gasteiger partial charge is 0.269 e. The van der Waals surface area contributed by atoms with Crippen LogP contribution in [-0.2, 0) is 6.54 Å². The summed E-state index contributed by atoms with van der Waals surface area (Å²) < 4.78 is 13.5. The van der Waals surface area contributed by atoms with Gasteiger partial charge in [-0.25, -0.2) is 4.39 Å². The molecule has 5 nitrogen and oxygen atoms in total. The molecule has 0 aliphatic heterocycles. The lowest BCUT2D eigenvalue weighted by Crippen LogP contribution is -2.21. The Kier molecular flexibility index (Phi) is 4.97. The molecule has 0 heterocycles. The Morgan fingerprint density at radius 3 is 2.48 bits per heavy atom. The number of benzene rings is 2. The molecule has 1 atom stereocenters. The molecule has 0 aliphatic rings. The summed E-state index contributed by atoms with van der Waals surface area (Å²) in [5.74, 6) is -0.442. The van der Waals surface area contributed by atoms with Gasteiger partial charge < -0.3 is 10.4 Å². The fourth-order valence-corrected chi connectivity index (χ4v) is 1.94. The monoisotopic (exact) mass is 290 g/mol. The van der Waals surface area contributed by atoms with Crippen molar-refractivity contribution >= 4 is 5.69 Å². The molecule has 0 bridgehead atoms. The molecule has 0 amide bonds. The first kappa shape index (κ1) is 15.1. The van der Waals surface area contributed by atoms with Crippen LogP contribution in [0.5, 0.6) is 0 Å². The lowest BCUT2D eigenvalue weighted by atomic mass is 10.1. The maximum Gasteiger partial charge on any atom is 0.269 e. The molecule has 2 aromatic carbocycles. The first-order valence-electron chi connectivity index (χ1n) is 6.44. The number of nitro groups is 1. The predicted octanol–water partition coefficient (Wildman–Crippen LogP) is 2.56. The average Bonchev–Trinajstić information content (AvgIpc) is 2.48. The van der Waals surface area contributed by atoms with Crippen molar-refractivity contribution in [1.29, 1.82) is 0 Å². The molecule has 2 rings (SSSR count). The quantitative estimate of drug-likeness (QED) is 0.633. The van der Waals surface area contributed by atoms with Crippen molar-refractivity contribution in [2.75, 3.05) is 6.54 Å². The highest BCUT2D eigenvalue weighted by Gasteiger charge is 2.11. The normalized spacial score (nSPS) is 12.1. The summed E-state index contributed by atoms with van der Waals surface area (Å²) in [6.07, 6.45) is -0.941. The number of nitrogens with one attached hydrogen (secondary N) is 1. The van der Waals surface area contributed by atoms with Crippen LogP contribution < -0.4 is 5.32 Å². The third kappa shape index (κ3) is 4.08. The van der Waals surface area contributed by atoms with E-state index in [1.165, 1.54) is 24.3 Å². The maximum absolute atomic E-state index is 13.5. The van der Waals surface area contributed by atoms with Gasteiger partial charge in [-0.3, -0.25) is 10.1 Å². The molecule has 0 spiro atoms. The van der Waals surface area contributed by atoms with Crippen LogP contribution in [0, 0.1) is 15.9 Å². The second kappa shape index (κ2) is 6.92. The van der Waals surface area contributed by atoms with E-state index in [0.717, 1.165) is 5.56 Å². The van der Waals surface area contributed by atoms with Gasteiger partial charge in [-0.2, -0.15) is 0 Å². The van der Waals surface area contributed by atoms with Gasteiger partial charge in [0.1, 0.15) is 5.82 Å². The summed E-state index contributed by atoms with van der Waals surface area (Å²) in [6, 6.07) is 12.2. The molecule has 21 heavy (non-hydrogen) atoms. The van der Waals surface area contributed by atoms with Crippen LogP contribution in [0.15, 0.2) is 48.5 Å². The van der Waals surface area contributed by atoms with Gasteiger partial charge in [-0.1, -0.05) is 30.3 Å². The molecule has 6 heteroatoms. The number of rotatable bonds is 6. The molecule has 0 aliphatic carbocycles. The van der Waals surface area contributed by atoms with Crippen LogP contribution in [0.4, 0.5) is 10.1 Å². The standard InChI is InChI=1S/C15H15FN2O3/c16-14-4-2-1-3-13(14)15(19)10-17-9-11-5-7-12(8-6-11)18(20)21/h1-8,15,17,19H,9-10H2. The van der Waals surface area contributed by atoms with E-state index in [9.17, 15) is 19.6 Å². The summed E-state index contributed by atoms with van der Waals surface area (Å²) in [6.45, 7) is 0.626. The Morgan fingerprint density at radius 1 is 1.19 bits per heavy atom. The van der Waals surface area contributed by atoms with E-state index in [-0.39, 0.29) is 17.8 Å². The molecule has 0 saturated carbocycles. The van der Waals surface area contributed by atoms with E-state index in [0.29, 0.717) is 6.54 Å². The van der Waals surface area contributed by atoms with E-state index < -0.39 is 16.8 Å². The van der Waals surface area contributed by atoms with E-state index in [1.807, 2.05) is 0 Å². The third-order valence-electron chi connectivity index (χ3n) is 3.08. The minimum atomic E-state index is -0.941. The number of nitrogens with zero attached hydrogens (tertiary/aromatic N) is 1. The maximum atomic E-state index is 13.5. The zero-order chi connectivity index (χ0) is 15.2. The molecular formula is C15H15FN2O3. The second-order valence-electron chi connectivity index (χ2n) is 4.59. The molecule has 110 valence electrons. The number of hydrogen-bond donors (Lipinski definition) is 2.